The van der Waals surface area contributed by atoms with Crippen molar-refractivity contribution in [3.8, 4) is 11.5 Å². The van der Waals surface area contributed by atoms with E-state index in [9.17, 15) is 4.79 Å². The number of hydrogen-bond acceptors (Lipinski definition) is 6. The standard InChI is InChI=1S/C16H14N6O2/c1-7-4-5-8(17)10-13(7)22-16(20-14(10)18)11(15(19)23)12(21-22)9-3-2-6-24-9/h2-6H,17H2,1H3,(H2,18,20)(H2,19,23). The Morgan fingerprint density at radius 3 is 2.71 bits per heavy atom. The Balaban J connectivity index is 2.26. The van der Waals surface area contributed by atoms with Gasteiger partial charge in [0, 0.05) is 5.69 Å². The summed E-state index contributed by atoms with van der Waals surface area (Å²) in [7, 11) is 0. The third-order valence-electron chi connectivity index (χ3n) is 3.97. The molecular formula is C16H14N6O2. The Morgan fingerprint density at radius 2 is 2.04 bits per heavy atom. The summed E-state index contributed by atoms with van der Waals surface area (Å²) in [5, 5.41) is 5.09. The van der Waals surface area contributed by atoms with Crippen molar-refractivity contribution in [1.82, 2.24) is 14.6 Å². The van der Waals surface area contributed by atoms with Crippen LogP contribution >= 0.6 is 0 Å². The summed E-state index contributed by atoms with van der Waals surface area (Å²) in [5.74, 6) is -0.0288. The van der Waals surface area contributed by atoms with E-state index in [1.165, 1.54) is 10.8 Å². The number of furan rings is 1. The van der Waals surface area contributed by atoms with E-state index in [1.807, 2.05) is 13.0 Å². The number of primary amides is 1. The molecule has 0 aliphatic heterocycles. The van der Waals surface area contributed by atoms with Crippen molar-refractivity contribution in [2.75, 3.05) is 11.5 Å². The van der Waals surface area contributed by atoms with Gasteiger partial charge in [-0.2, -0.15) is 5.10 Å². The number of aromatic nitrogens is 3. The third-order valence-corrected chi connectivity index (χ3v) is 3.97. The minimum absolute atomic E-state index is 0.153. The van der Waals surface area contributed by atoms with Crippen molar-refractivity contribution >= 4 is 34.0 Å². The summed E-state index contributed by atoms with van der Waals surface area (Å²) >= 11 is 0. The number of nitrogens with zero attached hydrogens (tertiary/aromatic N) is 3. The number of anilines is 2. The van der Waals surface area contributed by atoms with Gasteiger partial charge in [-0.15, -0.1) is 0 Å². The molecule has 0 bridgehead atoms. The van der Waals surface area contributed by atoms with Crippen LogP contribution in [0.25, 0.3) is 28.0 Å². The van der Waals surface area contributed by atoms with Crippen LogP contribution in [-0.2, 0) is 0 Å². The molecule has 0 fully saturated rings. The van der Waals surface area contributed by atoms with Gasteiger partial charge in [0.25, 0.3) is 5.91 Å². The highest BCUT2D eigenvalue weighted by Crippen LogP contribution is 2.33. The van der Waals surface area contributed by atoms with Crippen molar-refractivity contribution in [2.45, 2.75) is 6.92 Å². The number of nitrogens with two attached hydrogens (primary N) is 3. The molecule has 1 amide bonds. The smallest absolute Gasteiger partial charge is 0.254 e. The number of nitrogen functional groups attached to an aromatic ring is 2. The minimum atomic E-state index is -0.663. The average molecular weight is 322 g/mol. The van der Waals surface area contributed by atoms with Gasteiger partial charge >= 0.3 is 0 Å². The monoisotopic (exact) mass is 322 g/mol. The molecule has 0 aliphatic rings. The molecule has 6 N–H and O–H groups in total. The molecule has 0 radical (unpaired) electrons. The molecule has 4 aromatic rings. The number of carbonyl (C=O) groups is 1. The van der Waals surface area contributed by atoms with Gasteiger partial charge in [0.2, 0.25) is 0 Å². The second kappa shape index (κ2) is 4.72. The second-order valence-corrected chi connectivity index (χ2v) is 5.49. The highest BCUT2D eigenvalue weighted by Gasteiger charge is 2.24. The lowest BCUT2D eigenvalue weighted by atomic mass is 10.1. The van der Waals surface area contributed by atoms with E-state index in [4.69, 9.17) is 21.6 Å². The fourth-order valence-corrected chi connectivity index (χ4v) is 2.90. The summed E-state index contributed by atoms with van der Waals surface area (Å²) in [6.07, 6.45) is 1.49. The van der Waals surface area contributed by atoms with Crippen LogP contribution in [0.1, 0.15) is 15.9 Å². The topological polar surface area (TPSA) is 138 Å². The fraction of sp³-hybridized carbons (Fsp3) is 0.0625. The predicted molar refractivity (Wildman–Crippen MR) is 90.3 cm³/mol. The molecule has 0 spiro atoms. The number of carbonyl (C=O) groups excluding carboxylic acids is 1. The summed E-state index contributed by atoms with van der Waals surface area (Å²) in [5.41, 5.74) is 20.5. The Labute approximate surface area is 135 Å². The zero-order valence-electron chi connectivity index (χ0n) is 12.8. The maximum absolute atomic E-state index is 12.0. The fourth-order valence-electron chi connectivity index (χ4n) is 2.90. The van der Waals surface area contributed by atoms with Crippen molar-refractivity contribution in [3.63, 3.8) is 0 Å². The largest absolute Gasteiger partial charge is 0.463 e. The first-order valence-electron chi connectivity index (χ1n) is 7.19. The SMILES string of the molecule is Cc1ccc(N)c2c(N)nc3c(C(N)=O)c(-c4ccco4)nn3c12. The van der Waals surface area contributed by atoms with Gasteiger partial charge in [-0.3, -0.25) is 4.79 Å². The molecule has 4 rings (SSSR count). The van der Waals surface area contributed by atoms with Crippen molar-refractivity contribution < 1.29 is 9.21 Å². The lowest BCUT2D eigenvalue weighted by molar-refractivity contribution is 0.100. The average Bonchev–Trinajstić information content (AvgIpc) is 3.16. The van der Waals surface area contributed by atoms with Gasteiger partial charge in [0.05, 0.1) is 17.2 Å². The van der Waals surface area contributed by atoms with Gasteiger partial charge in [0.15, 0.2) is 11.4 Å². The van der Waals surface area contributed by atoms with Crippen LogP contribution in [0, 0.1) is 6.92 Å². The molecule has 0 saturated carbocycles. The van der Waals surface area contributed by atoms with Crippen molar-refractivity contribution in [2.24, 2.45) is 5.73 Å². The number of rotatable bonds is 2. The van der Waals surface area contributed by atoms with Crippen LogP contribution in [0.5, 0.6) is 0 Å². The normalized spacial score (nSPS) is 11.4. The quantitative estimate of drug-likeness (QED) is 0.480. The molecule has 1 aromatic carbocycles. The summed E-state index contributed by atoms with van der Waals surface area (Å²) < 4.78 is 6.91. The molecule has 0 atom stereocenters. The number of aryl methyl sites for hydroxylation is 1. The molecule has 0 unspecified atom stereocenters. The first-order valence-corrected chi connectivity index (χ1v) is 7.19. The van der Waals surface area contributed by atoms with Crippen molar-refractivity contribution in [3.05, 3.63) is 41.7 Å². The van der Waals surface area contributed by atoms with E-state index >= 15 is 0 Å². The molecule has 0 saturated heterocycles. The summed E-state index contributed by atoms with van der Waals surface area (Å²) in [4.78, 5) is 16.3. The first kappa shape index (κ1) is 14.1. The van der Waals surface area contributed by atoms with Crippen LogP contribution in [0.4, 0.5) is 11.5 Å². The first-order chi connectivity index (χ1) is 11.5. The van der Waals surface area contributed by atoms with Crippen molar-refractivity contribution in [1.29, 1.82) is 0 Å². The molecule has 3 aromatic heterocycles. The molecule has 120 valence electrons. The van der Waals surface area contributed by atoms with E-state index in [-0.39, 0.29) is 17.0 Å². The molecule has 8 heteroatoms. The maximum atomic E-state index is 12.0. The summed E-state index contributed by atoms with van der Waals surface area (Å²) in [6.45, 7) is 1.90. The van der Waals surface area contributed by atoms with Crippen LogP contribution in [0.3, 0.4) is 0 Å². The Kier molecular flexibility index (Phi) is 2.77. The molecular weight excluding hydrogens is 308 g/mol. The molecule has 8 nitrogen and oxygen atoms in total. The van der Waals surface area contributed by atoms with Gasteiger partial charge in [-0.1, -0.05) is 6.07 Å². The zero-order chi connectivity index (χ0) is 17.0. The summed E-state index contributed by atoms with van der Waals surface area (Å²) in [6, 6.07) is 7.01. The molecule has 0 aliphatic carbocycles. The number of benzene rings is 1. The number of amides is 1. The second-order valence-electron chi connectivity index (χ2n) is 5.49. The van der Waals surface area contributed by atoms with Crippen LogP contribution in [-0.4, -0.2) is 20.5 Å². The van der Waals surface area contributed by atoms with Crippen LogP contribution < -0.4 is 17.2 Å². The zero-order valence-corrected chi connectivity index (χ0v) is 12.8. The van der Waals surface area contributed by atoms with E-state index in [2.05, 4.69) is 10.1 Å². The Morgan fingerprint density at radius 1 is 1.25 bits per heavy atom. The molecule has 24 heavy (non-hydrogen) atoms. The van der Waals surface area contributed by atoms with Crippen LogP contribution in [0.2, 0.25) is 0 Å². The van der Waals surface area contributed by atoms with Gasteiger partial charge < -0.3 is 21.6 Å². The number of fused-ring (bicyclic) bond motifs is 3. The third kappa shape index (κ3) is 1.76. The number of hydrogen-bond donors (Lipinski definition) is 3. The predicted octanol–water partition coefficient (Wildman–Crippen LogP) is 1.71. The lowest BCUT2D eigenvalue weighted by Gasteiger charge is -2.09. The minimum Gasteiger partial charge on any atom is -0.463 e. The maximum Gasteiger partial charge on any atom is 0.254 e. The van der Waals surface area contributed by atoms with E-state index in [1.54, 1.807) is 18.2 Å². The Bertz CT molecular complexity index is 1110. The van der Waals surface area contributed by atoms with Gasteiger partial charge in [-0.25, -0.2) is 9.50 Å². The highest BCUT2D eigenvalue weighted by atomic mass is 16.3. The molecule has 3 heterocycles. The lowest BCUT2D eigenvalue weighted by Crippen LogP contribution is -2.13. The van der Waals surface area contributed by atoms with E-state index < -0.39 is 5.91 Å². The Hall–Kier alpha value is -3.55. The van der Waals surface area contributed by atoms with Gasteiger partial charge in [-0.05, 0) is 30.7 Å². The van der Waals surface area contributed by atoms with E-state index in [0.717, 1.165) is 5.56 Å². The highest BCUT2D eigenvalue weighted by molar-refractivity contribution is 6.07. The van der Waals surface area contributed by atoms with Gasteiger partial charge in [0.1, 0.15) is 17.1 Å². The van der Waals surface area contributed by atoms with E-state index in [0.29, 0.717) is 28.0 Å². The van der Waals surface area contributed by atoms with Crippen LogP contribution in [0.15, 0.2) is 34.9 Å².